The van der Waals surface area contributed by atoms with Crippen LogP contribution in [0.5, 0.6) is 0 Å². The van der Waals surface area contributed by atoms with E-state index in [9.17, 15) is 9.59 Å². The SMILES string of the molecule is COC1CCC2(CC1)Cc1ccc(-c3ccn(C4CC4)c(=O)c3)cc1C21N=C(N)N(C)C1=O. The first-order valence-corrected chi connectivity index (χ1v) is 11.9. The van der Waals surface area contributed by atoms with E-state index in [4.69, 9.17) is 15.5 Å². The van der Waals surface area contributed by atoms with Gasteiger partial charge in [0.1, 0.15) is 0 Å². The van der Waals surface area contributed by atoms with Gasteiger partial charge in [0.25, 0.3) is 11.5 Å². The van der Waals surface area contributed by atoms with Gasteiger partial charge in [-0.05, 0) is 79.3 Å². The lowest BCUT2D eigenvalue weighted by Crippen LogP contribution is -2.51. The molecule has 2 spiro atoms. The van der Waals surface area contributed by atoms with Crippen LogP contribution in [0.1, 0.15) is 55.7 Å². The van der Waals surface area contributed by atoms with Crippen LogP contribution in [-0.2, 0) is 21.5 Å². The van der Waals surface area contributed by atoms with Gasteiger partial charge in [-0.15, -0.1) is 0 Å². The van der Waals surface area contributed by atoms with Gasteiger partial charge in [0.15, 0.2) is 11.5 Å². The summed E-state index contributed by atoms with van der Waals surface area (Å²) in [5.41, 5.74) is 8.86. The molecule has 2 aromatic rings. The van der Waals surface area contributed by atoms with Crippen molar-refractivity contribution in [2.24, 2.45) is 16.1 Å². The largest absolute Gasteiger partial charge is 0.381 e. The lowest BCUT2D eigenvalue weighted by molar-refractivity contribution is -0.137. The molecular weight excluding hydrogens is 416 g/mol. The third kappa shape index (κ3) is 2.81. The minimum Gasteiger partial charge on any atom is -0.381 e. The van der Waals surface area contributed by atoms with Crippen molar-refractivity contribution < 1.29 is 9.53 Å². The number of nitrogens with two attached hydrogens (primary N) is 1. The van der Waals surface area contributed by atoms with Crippen LogP contribution in [0.4, 0.5) is 0 Å². The van der Waals surface area contributed by atoms with Crippen LogP contribution < -0.4 is 11.3 Å². The first-order valence-electron chi connectivity index (χ1n) is 11.9. The Hall–Kier alpha value is -2.93. The molecule has 1 unspecified atom stereocenters. The standard InChI is InChI=1S/C26H30N4O3/c1-29-23(32)26(28-24(29)27)21-13-16(17-9-12-30(19-5-6-19)22(31)14-17)3-4-18(21)15-25(26)10-7-20(33-2)8-11-25/h3-4,9,12-14,19-20H,5-8,10-11,15H2,1-2H3,(H2,27,28). The lowest BCUT2D eigenvalue weighted by Gasteiger charge is -2.45. The van der Waals surface area contributed by atoms with Gasteiger partial charge in [0, 0.05) is 37.9 Å². The van der Waals surface area contributed by atoms with Crippen molar-refractivity contribution in [2.45, 2.75) is 62.6 Å². The van der Waals surface area contributed by atoms with Gasteiger partial charge in [0.05, 0.1) is 6.10 Å². The first kappa shape index (κ1) is 20.7. The fraction of sp³-hybridized carbons (Fsp3) is 0.500. The van der Waals surface area contributed by atoms with E-state index in [1.165, 1.54) is 4.90 Å². The van der Waals surface area contributed by atoms with E-state index in [0.29, 0.717) is 6.04 Å². The summed E-state index contributed by atoms with van der Waals surface area (Å²) in [4.78, 5) is 32.9. The van der Waals surface area contributed by atoms with E-state index in [-0.39, 0.29) is 28.9 Å². The predicted octanol–water partition coefficient (Wildman–Crippen LogP) is 2.96. The van der Waals surface area contributed by atoms with Gasteiger partial charge in [0.2, 0.25) is 0 Å². The maximum absolute atomic E-state index is 13.8. The van der Waals surface area contributed by atoms with Crippen molar-refractivity contribution in [3.05, 3.63) is 58.0 Å². The molecule has 0 saturated heterocycles. The number of benzene rings is 1. The normalized spacial score (nSPS) is 30.8. The molecule has 2 heterocycles. The number of rotatable bonds is 3. The second-order valence-corrected chi connectivity index (χ2v) is 10.2. The summed E-state index contributed by atoms with van der Waals surface area (Å²) in [5.74, 6) is 0.231. The Morgan fingerprint density at radius 3 is 2.39 bits per heavy atom. The number of methoxy groups -OCH3 is 1. The minimum absolute atomic E-state index is 0.0264. The Balaban J connectivity index is 1.47. The predicted molar refractivity (Wildman–Crippen MR) is 126 cm³/mol. The van der Waals surface area contributed by atoms with Crippen molar-refractivity contribution in [1.82, 2.24) is 9.47 Å². The van der Waals surface area contributed by atoms with Gasteiger partial charge in [-0.2, -0.15) is 0 Å². The number of aromatic nitrogens is 1. The van der Waals surface area contributed by atoms with Gasteiger partial charge in [-0.25, -0.2) is 4.99 Å². The van der Waals surface area contributed by atoms with E-state index in [1.807, 2.05) is 16.8 Å². The second-order valence-electron chi connectivity index (χ2n) is 10.2. The summed E-state index contributed by atoms with van der Waals surface area (Å²) in [5, 5.41) is 0. The summed E-state index contributed by atoms with van der Waals surface area (Å²) < 4.78 is 7.44. The van der Waals surface area contributed by atoms with Crippen molar-refractivity contribution in [2.75, 3.05) is 14.2 Å². The molecule has 2 fully saturated rings. The zero-order valence-electron chi connectivity index (χ0n) is 19.2. The molecule has 0 radical (unpaired) electrons. The van der Waals surface area contributed by atoms with Crippen molar-refractivity contribution >= 4 is 11.9 Å². The topological polar surface area (TPSA) is 89.9 Å². The molecule has 0 bridgehead atoms. The third-order valence-corrected chi connectivity index (χ3v) is 8.48. The molecule has 1 amide bonds. The molecule has 7 nitrogen and oxygen atoms in total. The number of guanidine groups is 1. The highest BCUT2D eigenvalue weighted by Gasteiger charge is 2.66. The highest BCUT2D eigenvalue weighted by Crippen LogP contribution is 2.62. The number of carbonyl (C=O) groups is 1. The average Bonchev–Trinajstić information content (AvgIpc) is 3.59. The second kappa shape index (κ2) is 7.03. The van der Waals surface area contributed by atoms with E-state index in [1.54, 1.807) is 20.2 Å². The number of likely N-dealkylation sites (N-methyl/N-ethyl adjacent to an activating group) is 1. The Labute approximate surface area is 193 Å². The Morgan fingerprint density at radius 2 is 1.79 bits per heavy atom. The molecule has 1 aliphatic heterocycles. The number of nitrogens with zero attached hydrogens (tertiary/aromatic N) is 3. The summed E-state index contributed by atoms with van der Waals surface area (Å²) >= 11 is 0. The summed E-state index contributed by atoms with van der Waals surface area (Å²) in [6, 6.07) is 10.3. The summed E-state index contributed by atoms with van der Waals surface area (Å²) in [6.07, 6.45) is 8.61. The summed E-state index contributed by atoms with van der Waals surface area (Å²) in [6.45, 7) is 0. The molecular formula is C26H30N4O3. The molecule has 6 rings (SSSR count). The fourth-order valence-electron chi connectivity index (χ4n) is 6.43. The van der Waals surface area contributed by atoms with Crippen LogP contribution >= 0.6 is 0 Å². The lowest BCUT2D eigenvalue weighted by atomic mass is 9.61. The van der Waals surface area contributed by atoms with Gasteiger partial charge < -0.3 is 15.0 Å². The van der Waals surface area contributed by atoms with Crippen LogP contribution in [0.2, 0.25) is 0 Å². The molecule has 2 saturated carbocycles. The highest BCUT2D eigenvalue weighted by molar-refractivity contribution is 6.08. The number of carbonyl (C=O) groups excluding carboxylic acids is 1. The molecule has 7 heteroatoms. The maximum Gasteiger partial charge on any atom is 0.262 e. The number of hydrogen-bond acceptors (Lipinski definition) is 5. The molecule has 33 heavy (non-hydrogen) atoms. The number of pyridine rings is 1. The Bertz CT molecular complexity index is 1240. The summed E-state index contributed by atoms with van der Waals surface area (Å²) in [7, 11) is 3.47. The molecule has 2 N–H and O–H groups in total. The zero-order valence-corrected chi connectivity index (χ0v) is 19.2. The number of hydrogen-bond donors (Lipinski definition) is 1. The Kier molecular flexibility index (Phi) is 4.40. The molecule has 3 aliphatic carbocycles. The molecule has 1 aromatic carbocycles. The van der Waals surface area contributed by atoms with Crippen molar-refractivity contribution in [1.29, 1.82) is 0 Å². The fourth-order valence-corrected chi connectivity index (χ4v) is 6.43. The van der Waals surface area contributed by atoms with Crippen molar-refractivity contribution in [3.8, 4) is 11.1 Å². The number of amides is 1. The molecule has 4 aliphatic rings. The molecule has 1 atom stereocenters. The van der Waals surface area contributed by atoms with Crippen LogP contribution in [0.3, 0.4) is 0 Å². The first-order chi connectivity index (χ1) is 15.9. The van der Waals surface area contributed by atoms with E-state index in [2.05, 4.69) is 18.2 Å². The Morgan fingerprint density at radius 1 is 1.06 bits per heavy atom. The molecule has 1 aromatic heterocycles. The smallest absolute Gasteiger partial charge is 0.262 e. The number of ether oxygens (including phenoxy) is 1. The van der Waals surface area contributed by atoms with Crippen LogP contribution in [0.25, 0.3) is 11.1 Å². The van der Waals surface area contributed by atoms with Gasteiger partial charge >= 0.3 is 0 Å². The highest BCUT2D eigenvalue weighted by atomic mass is 16.5. The third-order valence-electron chi connectivity index (χ3n) is 8.48. The number of aliphatic imine (C=N–C) groups is 1. The van der Waals surface area contributed by atoms with Gasteiger partial charge in [-0.1, -0.05) is 12.1 Å². The monoisotopic (exact) mass is 446 g/mol. The zero-order chi connectivity index (χ0) is 23.0. The maximum atomic E-state index is 13.8. The van der Waals surface area contributed by atoms with Crippen LogP contribution in [-0.4, -0.2) is 41.6 Å². The average molecular weight is 447 g/mol. The van der Waals surface area contributed by atoms with E-state index < -0.39 is 5.54 Å². The van der Waals surface area contributed by atoms with Crippen LogP contribution in [0.15, 0.2) is 46.3 Å². The molecule has 172 valence electrons. The van der Waals surface area contributed by atoms with Crippen molar-refractivity contribution in [3.63, 3.8) is 0 Å². The van der Waals surface area contributed by atoms with E-state index >= 15 is 0 Å². The number of fused-ring (bicyclic) bond motifs is 3. The quantitative estimate of drug-likeness (QED) is 0.785. The van der Waals surface area contributed by atoms with Crippen LogP contribution in [0, 0.1) is 5.41 Å². The minimum atomic E-state index is -1.00. The van der Waals surface area contributed by atoms with Gasteiger partial charge in [-0.3, -0.25) is 14.5 Å². The van der Waals surface area contributed by atoms with E-state index in [0.717, 1.165) is 67.2 Å².